The SMILES string of the molecule is O=[N+]([O-])c1ccc(C2(c3ccc([N+](=O)[O-])cc3)CCC(c3ccc([N+](=O)[O-])cc3)(c3ccc([N+](=O)[O-])cc3)OO2)cc1. The first-order chi connectivity index (χ1) is 20.1. The molecule has 14 nitrogen and oxygen atoms in total. The summed E-state index contributed by atoms with van der Waals surface area (Å²) in [4.78, 5) is 55.3. The highest BCUT2D eigenvalue weighted by Gasteiger charge is 2.50. The Morgan fingerprint density at radius 3 is 0.738 bits per heavy atom. The van der Waals surface area contributed by atoms with Crippen LogP contribution >= 0.6 is 0 Å². The number of nitrogens with zero attached hydrogens (tertiary/aromatic N) is 4. The summed E-state index contributed by atoms with van der Waals surface area (Å²) in [5, 5.41) is 45.1. The Kier molecular flexibility index (Phi) is 7.16. The molecule has 4 aromatic rings. The standard InChI is InChI=1S/C28H20N4O10/c33-29(34)23-9-1-19(2-10-23)27(20-3-11-24(12-4-20)30(35)36)17-18-28(42-41-27,21-5-13-25(14-6-21)31(37)38)22-7-15-26(16-8-22)32(39)40/h1-16H,17-18H2. The molecule has 42 heavy (non-hydrogen) atoms. The van der Waals surface area contributed by atoms with Crippen LogP contribution in [0.1, 0.15) is 35.1 Å². The van der Waals surface area contributed by atoms with Crippen molar-refractivity contribution in [3.05, 3.63) is 160 Å². The Morgan fingerprint density at radius 2 is 0.595 bits per heavy atom. The number of nitro benzene ring substituents is 4. The molecule has 0 radical (unpaired) electrons. The van der Waals surface area contributed by atoms with Gasteiger partial charge in [0.15, 0.2) is 11.2 Å². The van der Waals surface area contributed by atoms with Crippen molar-refractivity contribution >= 4 is 22.7 Å². The first-order valence-electron chi connectivity index (χ1n) is 12.4. The highest BCUT2D eigenvalue weighted by molar-refractivity contribution is 5.47. The summed E-state index contributed by atoms with van der Waals surface area (Å²) in [7, 11) is 0. The van der Waals surface area contributed by atoms with Gasteiger partial charge in [-0.1, -0.05) is 0 Å². The van der Waals surface area contributed by atoms with Gasteiger partial charge in [0.2, 0.25) is 0 Å². The van der Waals surface area contributed by atoms with Gasteiger partial charge in [0.05, 0.1) is 19.7 Å². The maximum atomic E-state index is 11.3. The third kappa shape index (κ3) is 4.91. The van der Waals surface area contributed by atoms with E-state index in [2.05, 4.69) is 0 Å². The molecule has 0 spiro atoms. The summed E-state index contributed by atoms with van der Waals surface area (Å²) in [5.41, 5.74) is -1.44. The lowest BCUT2D eigenvalue weighted by molar-refractivity contribution is -0.432. The molecule has 1 aliphatic rings. The Bertz CT molecular complexity index is 1420. The van der Waals surface area contributed by atoms with Gasteiger partial charge in [-0.05, 0) is 83.6 Å². The van der Waals surface area contributed by atoms with E-state index in [4.69, 9.17) is 9.78 Å². The first-order valence-corrected chi connectivity index (χ1v) is 12.4. The molecule has 4 aromatic carbocycles. The lowest BCUT2D eigenvalue weighted by Gasteiger charge is -2.46. The molecule has 0 bridgehead atoms. The van der Waals surface area contributed by atoms with Crippen LogP contribution in [0.25, 0.3) is 0 Å². The second-order valence-corrected chi connectivity index (χ2v) is 9.54. The topological polar surface area (TPSA) is 191 Å². The van der Waals surface area contributed by atoms with Crippen LogP contribution in [0.2, 0.25) is 0 Å². The van der Waals surface area contributed by atoms with Gasteiger partial charge in [-0.2, -0.15) is 0 Å². The van der Waals surface area contributed by atoms with Crippen molar-refractivity contribution < 1.29 is 29.5 Å². The zero-order valence-corrected chi connectivity index (χ0v) is 21.5. The normalized spacial score (nSPS) is 15.4. The van der Waals surface area contributed by atoms with E-state index in [9.17, 15) is 40.5 Å². The summed E-state index contributed by atoms with van der Waals surface area (Å²) < 4.78 is 0. The molecule has 0 aromatic heterocycles. The average Bonchev–Trinajstić information content (AvgIpc) is 3.01. The molecule has 1 aliphatic heterocycles. The molecular formula is C28H20N4O10. The predicted molar refractivity (Wildman–Crippen MR) is 145 cm³/mol. The van der Waals surface area contributed by atoms with Crippen molar-refractivity contribution in [2.75, 3.05) is 0 Å². The van der Waals surface area contributed by atoms with Crippen LogP contribution in [0.15, 0.2) is 97.1 Å². The maximum absolute atomic E-state index is 11.3. The fraction of sp³-hybridized carbons (Fsp3) is 0.143. The van der Waals surface area contributed by atoms with E-state index < -0.39 is 30.9 Å². The lowest BCUT2D eigenvalue weighted by Crippen LogP contribution is -2.45. The minimum Gasteiger partial charge on any atom is -0.258 e. The van der Waals surface area contributed by atoms with Crippen LogP contribution in [-0.4, -0.2) is 19.7 Å². The van der Waals surface area contributed by atoms with Crippen molar-refractivity contribution in [2.45, 2.75) is 24.0 Å². The summed E-state index contributed by atoms with van der Waals surface area (Å²) >= 11 is 0. The van der Waals surface area contributed by atoms with Crippen LogP contribution in [0, 0.1) is 40.5 Å². The van der Waals surface area contributed by atoms with Gasteiger partial charge in [-0.3, -0.25) is 40.5 Å². The minimum absolute atomic E-state index is 0.152. The molecular weight excluding hydrogens is 552 g/mol. The molecule has 1 saturated heterocycles. The van der Waals surface area contributed by atoms with Crippen molar-refractivity contribution in [1.82, 2.24) is 0 Å². The number of rotatable bonds is 8. The third-order valence-corrected chi connectivity index (χ3v) is 7.33. The number of hydrogen-bond acceptors (Lipinski definition) is 10. The molecule has 0 aliphatic carbocycles. The summed E-state index contributed by atoms with van der Waals surface area (Å²) in [5.74, 6) is 0. The fourth-order valence-electron chi connectivity index (χ4n) is 5.09. The molecule has 0 atom stereocenters. The first kappa shape index (κ1) is 27.9. The van der Waals surface area contributed by atoms with Crippen molar-refractivity contribution in [3.63, 3.8) is 0 Å². The molecule has 5 rings (SSSR count). The van der Waals surface area contributed by atoms with E-state index in [-0.39, 0.29) is 35.6 Å². The molecule has 0 amide bonds. The zero-order chi connectivity index (χ0) is 30.1. The van der Waals surface area contributed by atoms with E-state index in [0.29, 0.717) is 22.3 Å². The van der Waals surface area contributed by atoms with E-state index in [0.717, 1.165) is 0 Å². The van der Waals surface area contributed by atoms with Crippen LogP contribution in [0.4, 0.5) is 22.7 Å². The van der Waals surface area contributed by atoms with Gasteiger partial charge < -0.3 is 0 Å². The highest BCUT2D eigenvalue weighted by Crippen LogP contribution is 2.51. The Morgan fingerprint density at radius 1 is 0.405 bits per heavy atom. The van der Waals surface area contributed by atoms with Crippen molar-refractivity contribution in [3.8, 4) is 0 Å². The average molecular weight is 572 g/mol. The second kappa shape index (κ2) is 10.8. The Labute approximate surface area is 236 Å². The number of non-ortho nitro benzene ring substituents is 4. The van der Waals surface area contributed by atoms with Crippen molar-refractivity contribution in [2.24, 2.45) is 0 Å². The second-order valence-electron chi connectivity index (χ2n) is 9.54. The van der Waals surface area contributed by atoms with E-state index in [1.165, 1.54) is 97.1 Å². The summed E-state index contributed by atoms with van der Waals surface area (Å²) in [6.45, 7) is 0. The van der Waals surface area contributed by atoms with Gasteiger partial charge in [0, 0.05) is 48.5 Å². The molecule has 1 fully saturated rings. The lowest BCUT2D eigenvalue weighted by atomic mass is 9.74. The van der Waals surface area contributed by atoms with Crippen LogP contribution in [0.5, 0.6) is 0 Å². The van der Waals surface area contributed by atoms with Crippen LogP contribution in [0.3, 0.4) is 0 Å². The Balaban J connectivity index is 1.62. The zero-order valence-electron chi connectivity index (χ0n) is 21.5. The van der Waals surface area contributed by atoms with Crippen LogP contribution in [-0.2, 0) is 21.0 Å². The molecule has 212 valence electrons. The Hall–Kier alpha value is -5.60. The molecule has 0 saturated carbocycles. The highest BCUT2D eigenvalue weighted by atomic mass is 17.2. The predicted octanol–water partition coefficient (Wildman–Crippen LogP) is 6.25. The quantitative estimate of drug-likeness (QED) is 0.132. The van der Waals surface area contributed by atoms with Gasteiger partial charge in [-0.25, -0.2) is 9.78 Å². The van der Waals surface area contributed by atoms with Crippen molar-refractivity contribution in [1.29, 1.82) is 0 Å². The van der Waals surface area contributed by atoms with E-state index in [1.807, 2.05) is 0 Å². The fourth-order valence-corrected chi connectivity index (χ4v) is 5.09. The summed E-state index contributed by atoms with van der Waals surface area (Å²) in [6.07, 6.45) is 0.354. The monoisotopic (exact) mass is 572 g/mol. The minimum atomic E-state index is -1.37. The maximum Gasteiger partial charge on any atom is 0.269 e. The molecule has 14 heteroatoms. The number of nitro groups is 4. The number of benzene rings is 4. The largest absolute Gasteiger partial charge is 0.269 e. The summed E-state index contributed by atoms with van der Waals surface area (Å²) in [6, 6.07) is 22.5. The van der Waals surface area contributed by atoms with Gasteiger partial charge in [0.1, 0.15) is 0 Å². The van der Waals surface area contributed by atoms with Gasteiger partial charge in [-0.15, -0.1) is 0 Å². The number of hydrogen-bond donors (Lipinski definition) is 0. The molecule has 0 N–H and O–H groups in total. The third-order valence-electron chi connectivity index (χ3n) is 7.33. The van der Waals surface area contributed by atoms with E-state index in [1.54, 1.807) is 0 Å². The van der Waals surface area contributed by atoms with Gasteiger partial charge >= 0.3 is 0 Å². The van der Waals surface area contributed by atoms with Crippen LogP contribution < -0.4 is 0 Å². The molecule has 1 heterocycles. The molecule has 0 unspecified atom stereocenters. The smallest absolute Gasteiger partial charge is 0.258 e. The van der Waals surface area contributed by atoms with Gasteiger partial charge in [0.25, 0.3) is 22.7 Å². The van der Waals surface area contributed by atoms with E-state index >= 15 is 0 Å².